The number of nitrogens with one attached hydrogen (secondary N) is 2. The van der Waals surface area contributed by atoms with Crippen molar-refractivity contribution in [1.82, 2.24) is 10.6 Å². The zero-order valence-electron chi connectivity index (χ0n) is 11.8. The summed E-state index contributed by atoms with van der Waals surface area (Å²) in [5.41, 5.74) is 0.113. The van der Waals surface area contributed by atoms with Gasteiger partial charge >= 0.3 is 12.0 Å². The molecule has 0 heterocycles. The molecule has 0 aliphatic rings. The molecule has 7 heteroatoms. The van der Waals surface area contributed by atoms with Crippen LogP contribution in [-0.2, 0) is 11.3 Å². The molecule has 0 fully saturated rings. The number of hydrogen-bond acceptors (Lipinski definition) is 2. The lowest BCUT2D eigenvalue weighted by Crippen LogP contribution is -2.46. The minimum atomic E-state index is -1.13. The Morgan fingerprint density at radius 2 is 1.95 bits per heavy atom. The van der Waals surface area contributed by atoms with Crippen LogP contribution in [0.15, 0.2) is 18.2 Å². The Morgan fingerprint density at radius 3 is 2.48 bits per heavy atom. The predicted molar refractivity (Wildman–Crippen MR) is 72.6 cm³/mol. The van der Waals surface area contributed by atoms with Crippen molar-refractivity contribution >= 4 is 12.0 Å². The maximum atomic E-state index is 13.4. The lowest BCUT2D eigenvalue weighted by Gasteiger charge is -2.17. The monoisotopic (exact) mass is 300 g/mol. The van der Waals surface area contributed by atoms with Crippen molar-refractivity contribution < 1.29 is 23.5 Å². The summed E-state index contributed by atoms with van der Waals surface area (Å²) in [7, 11) is 0. The number of aliphatic carboxylic acids is 1. The van der Waals surface area contributed by atoms with Gasteiger partial charge in [0.1, 0.15) is 17.7 Å². The minimum absolute atomic E-state index is 0.0981. The molecule has 0 aromatic heterocycles. The number of urea groups is 1. The second-order valence-electron chi connectivity index (χ2n) is 5.08. The molecule has 1 aromatic rings. The second kappa shape index (κ2) is 7.56. The normalized spacial score (nSPS) is 12.0. The van der Waals surface area contributed by atoms with Crippen LogP contribution >= 0.6 is 0 Å². The molecule has 0 aliphatic carbocycles. The summed E-state index contributed by atoms with van der Waals surface area (Å²) >= 11 is 0. The van der Waals surface area contributed by atoms with Gasteiger partial charge in [0.25, 0.3) is 0 Å². The zero-order valence-corrected chi connectivity index (χ0v) is 11.8. The lowest BCUT2D eigenvalue weighted by atomic mass is 10.0. The third-order valence-electron chi connectivity index (χ3n) is 2.77. The van der Waals surface area contributed by atoms with Crippen molar-refractivity contribution in [3.63, 3.8) is 0 Å². The van der Waals surface area contributed by atoms with E-state index in [1.165, 1.54) is 6.07 Å². The van der Waals surface area contributed by atoms with Crippen molar-refractivity contribution in [1.29, 1.82) is 0 Å². The van der Waals surface area contributed by atoms with E-state index in [2.05, 4.69) is 10.6 Å². The molecule has 0 radical (unpaired) electrons. The first kappa shape index (κ1) is 16.9. The van der Waals surface area contributed by atoms with Gasteiger partial charge in [0, 0.05) is 18.2 Å². The number of benzene rings is 1. The smallest absolute Gasteiger partial charge is 0.326 e. The molecule has 116 valence electrons. The van der Waals surface area contributed by atoms with Crippen LogP contribution in [0.3, 0.4) is 0 Å². The molecule has 0 saturated heterocycles. The average molecular weight is 300 g/mol. The van der Waals surface area contributed by atoms with Crippen LogP contribution in [0.4, 0.5) is 13.6 Å². The molecule has 0 saturated carbocycles. The summed E-state index contributed by atoms with van der Waals surface area (Å²) in [6.45, 7) is 3.51. The van der Waals surface area contributed by atoms with Gasteiger partial charge in [-0.05, 0) is 18.4 Å². The molecule has 3 N–H and O–H groups in total. The van der Waals surface area contributed by atoms with E-state index in [-0.39, 0.29) is 24.4 Å². The van der Waals surface area contributed by atoms with Crippen LogP contribution in [0.5, 0.6) is 0 Å². The van der Waals surface area contributed by atoms with Gasteiger partial charge in [0.2, 0.25) is 0 Å². The zero-order chi connectivity index (χ0) is 16.0. The van der Waals surface area contributed by atoms with Crippen LogP contribution in [0.1, 0.15) is 25.8 Å². The van der Waals surface area contributed by atoms with Gasteiger partial charge in [0.15, 0.2) is 0 Å². The Kier molecular flexibility index (Phi) is 6.08. The quantitative estimate of drug-likeness (QED) is 0.754. The number of amides is 2. The Hall–Kier alpha value is -2.18. The fraction of sp³-hybridized carbons (Fsp3) is 0.429. The molecular weight excluding hydrogens is 282 g/mol. The average Bonchev–Trinajstić information content (AvgIpc) is 2.36. The number of carboxylic acid groups (broad SMARTS) is 1. The number of carboxylic acids is 1. The van der Waals surface area contributed by atoms with Gasteiger partial charge in [-0.3, -0.25) is 0 Å². The molecule has 1 atom stereocenters. The summed E-state index contributed by atoms with van der Waals surface area (Å²) in [6, 6.07) is 1.29. The SMILES string of the molecule is CC(C)CC(NC(=O)NCc1ccc(F)cc1F)C(=O)O. The Bertz CT molecular complexity index is 521. The summed E-state index contributed by atoms with van der Waals surface area (Å²) in [5, 5.41) is 13.6. The van der Waals surface area contributed by atoms with Crippen LogP contribution in [0.25, 0.3) is 0 Å². The third-order valence-corrected chi connectivity index (χ3v) is 2.77. The highest BCUT2D eigenvalue weighted by molar-refractivity contribution is 5.82. The highest BCUT2D eigenvalue weighted by Gasteiger charge is 2.20. The van der Waals surface area contributed by atoms with Crippen LogP contribution < -0.4 is 10.6 Å². The van der Waals surface area contributed by atoms with Gasteiger partial charge in [-0.15, -0.1) is 0 Å². The first-order valence-electron chi connectivity index (χ1n) is 6.50. The third kappa shape index (κ3) is 5.76. The minimum Gasteiger partial charge on any atom is -0.480 e. The van der Waals surface area contributed by atoms with E-state index in [1.54, 1.807) is 0 Å². The number of hydrogen-bond donors (Lipinski definition) is 3. The van der Waals surface area contributed by atoms with E-state index < -0.39 is 29.7 Å². The lowest BCUT2D eigenvalue weighted by molar-refractivity contribution is -0.139. The second-order valence-corrected chi connectivity index (χ2v) is 5.08. The summed E-state index contributed by atoms with van der Waals surface area (Å²) in [6.07, 6.45) is 0.285. The molecular formula is C14H18F2N2O3. The highest BCUT2D eigenvalue weighted by atomic mass is 19.1. The van der Waals surface area contributed by atoms with Gasteiger partial charge in [-0.2, -0.15) is 0 Å². The molecule has 1 aromatic carbocycles. The number of halogens is 2. The highest BCUT2D eigenvalue weighted by Crippen LogP contribution is 2.09. The van der Waals surface area contributed by atoms with Crippen molar-refractivity contribution in [3.05, 3.63) is 35.4 Å². The fourth-order valence-electron chi connectivity index (χ4n) is 1.74. The Balaban J connectivity index is 2.54. The van der Waals surface area contributed by atoms with E-state index in [9.17, 15) is 18.4 Å². The van der Waals surface area contributed by atoms with Crippen molar-refractivity contribution in [3.8, 4) is 0 Å². The van der Waals surface area contributed by atoms with Crippen molar-refractivity contribution in [2.24, 2.45) is 5.92 Å². The standard InChI is InChI=1S/C14H18F2N2O3/c1-8(2)5-12(13(19)20)18-14(21)17-7-9-3-4-10(15)6-11(9)16/h3-4,6,8,12H,5,7H2,1-2H3,(H,19,20)(H2,17,18,21). The van der Waals surface area contributed by atoms with Gasteiger partial charge in [-0.1, -0.05) is 19.9 Å². The Morgan fingerprint density at radius 1 is 1.29 bits per heavy atom. The van der Waals surface area contributed by atoms with E-state index in [0.29, 0.717) is 6.07 Å². The number of rotatable bonds is 6. The van der Waals surface area contributed by atoms with E-state index in [0.717, 1.165) is 6.07 Å². The maximum Gasteiger partial charge on any atom is 0.326 e. The summed E-state index contributed by atoms with van der Waals surface area (Å²) in [5.74, 6) is -2.51. The summed E-state index contributed by atoms with van der Waals surface area (Å²) in [4.78, 5) is 22.6. The molecule has 1 rings (SSSR count). The molecule has 0 spiro atoms. The van der Waals surface area contributed by atoms with Crippen LogP contribution in [-0.4, -0.2) is 23.1 Å². The van der Waals surface area contributed by atoms with Crippen molar-refractivity contribution in [2.45, 2.75) is 32.9 Å². The van der Waals surface area contributed by atoms with E-state index in [1.807, 2.05) is 13.8 Å². The van der Waals surface area contributed by atoms with Crippen molar-refractivity contribution in [2.75, 3.05) is 0 Å². The first-order chi connectivity index (χ1) is 9.79. The van der Waals surface area contributed by atoms with E-state index >= 15 is 0 Å². The van der Waals surface area contributed by atoms with E-state index in [4.69, 9.17) is 5.11 Å². The van der Waals surface area contributed by atoms with Crippen LogP contribution in [0.2, 0.25) is 0 Å². The topological polar surface area (TPSA) is 78.4 Å². The molecule has 2 amide bonds. The molecule has 5 nitrogen and oxygen atoms in total. The van der Waals surface area contributed by atoms with Gasteiger partial charge < -0.3 is 15.7 Å². The number of carbonyl (C=O) groups is 2. The maximum absolute atomic E-state index is 13.4. The fourth-order valence-corrected chi connectivity index (χ4v) is 1.74. The van der Waals surface area contributed by atoms with Gasteiger partial charge in [-0.25, -0.2) is 18.4 Å². The van der Waals surface area contributed by atoms with Gasteiger partial charge in [0.05, 0.1) is 0 Å². The first-order valence-corrected chi connectivity index (χ1v) is 6.50. The predicted octanol–water partition coefficient (Wildman–Crippen LogP) is 2.26. The molecule has 1 unspecified atom stereocenters. The number of carbonyl (C=O) groups excluding carboxylic acids is 1. The molecule has 21 heavy (non-hydrogen) atoms. The molecule has 0 bridgehead atoms. The van der Waals surface area contributed by atoms with Crippen LogP contribution in [0, 0.1) is 17.6 Å². The molecule has 0 aliphatic heterocycles. The summed E-state index contributed by atoms with van der Waals surface area (Å²) < 4.78 is 26.1. The largest absolute Gasteiger partial charge is 0.480 e. The Labute approximate surface area is 121 Å².